The Labute approximate surface area is 172 Å². The summed E-state index contributed by atoms with van der Waals surface area (Å²) in [5.74, 6) is 0.786. The lowest BCUT2D eigenvalue weighted by atomic mass is 10.0. The number of nitrogens with one attached hydrogen (secondary N) is 1. The van der Waals surface area contributed by atoms with E-state index >= 15 is 0 Å². The van der Waals surface area contributed by atoms with Gasteiger partial charge in [-0.15, -0.1) is 0 Å². The van der Waals surface area contributed by atoms with Crippen LogP contribution >= 0.6 is 11.8 Å². The van der Waals surface area contributed by atoms with Crippen LogP contribution in [0.3, 0.4) is 0 Å². The van der Waals surface area contributed by atoms with Gasteiger partial charge in [0.15, 0.2) is 0 Å². The van der Waals surface area contributed by atoms with Gasteiger partial charge in [0, 0.05) is 6.04 Å². The molecule has 0 radical (unpaired) electrons. The van der Waals surface area contributed by atoms with Crippen molar-refractivity contribution in [1.82, 2.24) is 5.32 Å². The van der Waals surface area contributed by atoms with Gasteiger partial charge < -0.3 is 15.2 Å². The number of ether oxygens (including phenoxy) is 2. The van der Waals surface area contributed by atoms with Crippen LogP contribution in [-0.4, -0.2) is 35.5 Å². The van der Waals surface area contributed by atoms with Crippen LogP contribution in [0.5, 0.6) is 11.5 Å². The zero-order valence-corrected chi connectivity index (χ0v) is 16.7. The number of methoxy groups -OCH3 is 1. The number of esters is 1. The topological polar surface area (TPSA) is 108 Å². The predicted octanol–water partition coefficient (Wildman–Crippen LogP) is 2.81. The minimum absolute atomic E-state index is 0.177. The van der Waals surface area contributed by atoms with Crippen LogP contribution in [-0.2, 0) is 27.2 Å². The molecule has 2 atom stereocenters. The first-order valence-electron chi connectivity index (χ1n) is 9.12. The molecule has 2 unspecified atom stereocenters. The summed E-state index contributed by atoms with van der Waals surface area (Å²) in [6.45, 7) is 0. The highest BCUT2D eigenvalue weighted by Gasteiger charge is 2.31. The molecule has 0 aliphatic carbocycles. The second kappa shape index (κ2) is 9.58. The molecule has 2 amide bonds. The molecule has 0 bridgehead atoms. The maximum atomic E-state index is 11.7. The molecule has 1 saturated heterocycles. The standard InChI is InChI=1S/C21H22N2O5S/c1-27-19(24)12-15(22)10-13-2-6-16(7-3-13)28-17-8-4-14(5-9-17)11-18-20(25)23-21(26)29-18/h2-9,15,18H,10-12,22H2,1H3,(H,23,25,26). The zero-order valence-electron chi connectivity index (χ0n) is 15.9. The summed E-state index contributed by atoms with van der Waals surface area (Å²) in [5.41, 5.74) is 7.91. The highest BCUT2D eigenvalue weighted by atomic mass is 32.2. The minimum Gasteiger partial charge on any atom is -0.469 e. The number of imide groups is 1. The normalized spacial score (nSPS) is 17.0. The molecule has 0 saturated carbocycles. The Hall–Kier alpha value is -2.84. The molecule has 3 rings (SSSR count). The van der Waals surface area contributed by atoms with Crippen LogP contribution in [0.1, 0.15) is 17.5 Å². The zero-order chi connectivity index (χ0) is 20.8. The molecule has 1 heterocycles. The van der Waals surface area contributed by atoms with Crippen molar-refractivity contribution < 1.29 is 23.9 Å². The molecule has 8 heteroatoms. The summed E-state index contributed by atoms with van der Waals surface area (Å²) in [4.78, 5) is 34.2. The molecule has 2 aromatic rings. The van der Waals surface area contributed by atoms with Gasteiger partial charge in [-0.25, -0.2) is 0 Å². The monoisotopic (exact) mass is 414 g/mol. The molecule has 3 N–H and O–H groups in total. The Balaban J connectivity index is 1.53. The molecule has 1 fully saturated rings. The van der Waals surface area contributed by atoms with Crippen molar-refractivity contribution in [3.63, 3.8) is 0 Å². The van der Waals surface area contributed by atoms with Crippen LogP contribution in [0.25, 0.3) is 0 Å². The van der Waals surface area contributed by atoms with Crippen molar-refractivity contribution >= 4 is 28.9 Å². The highest BCUT2D eigenvalue weighted by molar-refractivity contribution is 8.15. The fraction of sp³-hybridized carbons (Fsp3) is 0.286. The summed E-state index contributed by atoms with van der Waals surface area (Å²) >= 11 is 1.02. The Morgan fingerprint density at radius 2 is 1.66 bits per heavy atom. The third-order valence-electron chi connectivity index (χ3n) is 4.42. The van der Waals surface area contributed by atoms with Gasteiger partial charge in [-0.05, 0) is 48.2 Å². The SMILES string of the molecule is COC(=O)CC(N)Cc1ccc(Oc2ccc(CC3SC(=O)NC3=O)cc2)cc1. The van der Waals surface area contributed by atoms with E-state index in [9.17, 15) is 14.4 Å². The molecule has 152 valence electrons. The molecule has 0 aromatic heterocycles. The second-order valence-electron chi connectivity index (χ2n) is 6.72. The molecular formula is C21H22N2O5S. The fourth-order valence-electron chi connectivity index (χ4n) is 2.94. The Morgan fingerprint density at radius 1 is 1.07 bits per heavy atom. The van der Waals surface area contributed by atoms with Crippen molar-refractivity contribution in [2.75, 3.05) is 7.11 Å². The number of thioether (sulfide) groups is 1. The van der Waals surface area contributed by atoms with E-state index in [0.717, 1.165) is 22.9 Å². The van der Waals surface area contributed by atoms with Crippen molar-refractivity contribution in [2.45, 2.75) is 30.6 Å². The van der Waals surface area contributed by atoms with Gasteiger partial charge in [0.1, 0.15) is 11.5 Å². The number of hydrogen-bond acceptors (Lipinski definition) is 7. The van der Waals surface area contributed by atoms with Gasteiger partial charge in [-0.3, -0.25) is 19.7 Å². The summed E-state index contributed by atoms with van der Waals surface area (Å²) < 4.78 is 10.5. The van der Waals surface area contributed by atoms with E-state index in [0.29, 0.717) is 24.3 Å². The maximum Gasteiger partial charge on any atom is 0.307 e. The molecule has 0 spiro atoms. The molecule has 1 aliphatic heterocycles. The molecule has 1 aliphatic rings. The Kier molecular flexibility index (Phi) is 6.90. The lowest BCUT2D eigenvalue weighted by Gasteiger charge is -2.11. The van der Waals surface area contributed by atoms with E-state index in [-0.39, 0.29) is 34.8 Å². The van der Waals surface area contributed by atoms with Crippen molar-refractivity contribution in [3.05, 3.63) is 59.7 Å². The summed E-state index contributed by atoms with van der Waals surface area (Å²) in [6, 6.07) is 14.6. The lowest BCUT2D eigenvalue weighted by Crippen LogP contribution is -2.26. The van der Waals surface area contributed by atoms with Crippen LogP contribution < -0.4 is 15.8 Å². The number of nitrogens with two attached hydrogens (primary N) is 1. The number of hydrogen-bond donors (Lipinski definition) is 2. The third kappa shape index (κ3) is 6.07. The minimum atomic E-state index is -0.382. The molecule has 2 aromatic carbocycles. The van der Waals surface area contributed by atoms with Gasteiger partial charge in [0.25, 0.3) is 5.24 Å². The van der Waals surface area contributed by atoms with Crippen LogP contribution in [0.4, 0.5) is 4.79 Å². The van der Waals surface area contributed by atoms with Gasteiger partial charge in [0.05, 0.1) is 18.8 Å². The molecule has 7 nitrogen and oxygen atoms in total. The fourth-order valence-corrected chi connectivity index (χ4v) is 3.80. The van der Waals surface area contributed by atoms with Crippen molar-refractivity contribution in [2.24, 2.45) is 5.73 Å². The first-order valence-corrected chi connectivity index (χ1v) is 10.0. The van der Waals surface area contributed by atoms with Crippen molar-refractivity contribution in [1.29, 1.82) is 0 Å². The predicted molar refractivity (Wildman–Crippen MR) is 110 cm³/mol. The number of benzene rings is 2. The van der Waals surface area contributed by atoms with E-state index in [1.54, 1.807) is 0 Å². The first kappa shape index (κ1) is 20.9. The highest BCUT2D eigenvalue weighted by Crippen LogP contribution is 2.26. The van der Waals surface area contributed by atoms with E-state index in [1.807, 2.05) is 48.5 Å². The number of amides is 2. The van der Waals surface area contributed by atoms with Crippen molar-refractivity contribution in [3.8, 4) is 11.5 Å². The quantitative estimate of drug-likeness (QED) is 0.640. The lowest BCUT2D eigenvalue weighted by molar-refractivity contribution is -0.141. The third-order valence-corrected chi connectivity index (χ3v) is 5.41. The van der Waals surface area contributed by atoms with E-state index in [2.05, 4.69) is 10.1 Å². The van der Waals surface area contributed by atoms with Gasteiger partial charge in [0.2, 0.25) is 5.91 Å². The number of carbonyl (C=O) groups is 3. The number of carbonyl (C=O) groups excluding carboxylic acids is 3. The largest absolute Gasteiger partial charge is 0.469 e. The smallest absolute Gasteiger partial charge is 0.307 e. The van der Waals surface area contributed by atoms with E-state index in [4.69, 9.17) is 10.5 Å². The summed E-state index contributed by atoms with van der Waals surface area (Å²) in [6.07, 6.45) is 1.23. The number of rotatable bonds is 8. The molecule has 29 heavy (non-hydrogen) atoms. The van der Waals surface area contributed by atoms with Crippen LogP contribution in [0, 0.1) is 0 Å². The van der Waals surface area contributed by atoms with E-state index < -0.39 is 0 Å². The Bertz CT molecular complexity index is 883. The first-order chi connectivity index (χ1) is 13.9. The second-order valence-corrected chi connectivity index (χ2v) is 7.90. The average Bonchev–Trinajstić information content (AvgIpc) is 3.01. The van der Waals surface area contributed by atoms with Gasteiger partial charge in [-0.1, -0.05) is 36.0 Å². The van der Waals surface area contributed by atoms with Gasteiger partial charge >= 0.3 is 5.97 Å². The van der Waals surface area contributed by atoms with E-state index in [1.165, 1.54) is 7.11 Å². The van der Waals surface area contributed by atoms with Gasteiger partial charge in [-0.2, -0.15) is 0 Å². The molecular weight excluding hydrogens is 392 g/mol. The summed E-state index contributed by atoms with van der Waals surface area (Å²) in [5, 5.41) is 1.61. The van der Waals surface area contributed by atoms with Crippen LogP contribution in [0.2, 0.25) is 0 Å². The van der Waals surface area contributed by atoms with Crippen LogP contribution in [0.15, 0.2) is 48.5 Å². The Morgan fingerprint density at radius 3 is 2.17 bits per heavy atom. The summed E-state index contributed by atoms with van der Waals surface area (Å²) in [7, 11) is 1.35. The maximum absolute atomic E-state index is 11.7. The average molecular weight is 414 g/mol.